The van der Waals surface area contributed by atoms with Gasteiger partial charge in [0.05, 0.1) is 42.6 Å². The van der Waals surface area contributed by atoms with Crippen molar-refractivity contribution in [1.82, 2.24) is 24.8 Å². The number of anilines is 1. The molecule has 2 aliphatic heterocycles. The molecule has 11 heteroatoms. The molecular weight excluding hydrogens is 491 g/mol. The minimum Gasteiger partial charge on any atom is -0.493 e. The Kier molecular flexibility index (Phi) is 5.48. The smallest absolute Gasteiger partial charge is 0.416 e. The first kappa shape index (κ1) is 24.1. The lowest BCUT2D eigenvalue weighted by molar-refractivity contribution is 0.0574. The number of hydrogen-bond donors (Lipinski definition) is 0. The maximum absolute atomic E-state index is 15.3. The molecule has 4 aromatic rings. The van der Waals surface area contributed by atoms with Crippen LogP contribution in [-0.2, 0) is 11.3 Å². The Morgan fingerprint density at radius 2 is 1.84 bits per heavy atom. The van der Waals surface area contributed by atoms with E-state index in [4.69, 9.17) is 14.2 Å². The Morgan fingerprint density at radius 3 is 2.58 bits per heavy atom. The van der Waals surface area contributed by atoms with E-state index in [2.05, 4.69) is 20.4 Å². The number of aromatic nitrogens is 5. The molecule has 6 rings (SSSR count). The summed E-state index contributed by atoms with van der Waals surface area (Å²) < 4.78 is 35.0. The van der Waals surface area contributed by atoms with Gasteiger partial charge >= 0.3 is 6.09 Å². The number of hydrogen-bond acceptors (Lipinski definition) is 8. The largest absolute Gasteiger partial charge is 0.493 e. The highest BCUT2D eigenvalue weighted by molar-refractivity contribution is 5.92. The summed E-state index contributed by atoms with van der Waals surface area (Å²) in [5.74, 6) is 0.646. The van der Waals surface area contributed by atoms with E-state index >= 15 is 4.39 Å². The molecule has 1 aromatic carbocycles. The van der Waals surface area contributed by atoms with Gasteiger partial charge in [-0.3, -0.25) is 9.30 Å². The van der Waals surface area contributed by atoms with Crippen LogP contribution in [0.4, 0.5) is 15.0 Å². The van der Waals surface area contributed by atoms with Crippen molar-refractivity contribution in [2.24, 2.45) is 0 Å². The van der Waals surface area contributed by atoms with Crippen molar-refractivity contribution in [2.75, 3.05) is 18.1 Å². The van der Waals surface area contributed by atoms with Gasteiger partial charge in [-0.1, -0.05) is 0 Å². The number of carbonyl (C=O) groups is 1. The first-order valence-corrected chi connectivity index (χ1v) is 12.4. The molecule has 0 fully saturated rings. The number of nitrogens with zero attached hydrogens (tertiary/aromatic N) is 6. The van der Waals surface area contributed by atoms with Gasteiger partial charge in [0.2, 0.25) is 0 Å². The van der Waals surface area contributed by atoms with Gasteiger partial charge in [0.1, 0.15) is 23.5 Å². The van der Waals surface area contributed by atoms with E-state index in [1.54, 1.807) is 37.3 Å². The van der Waals surface area contributed by atoms with Crippen molar-refractivity contribution in [3.05, 3.63) is 58.8 Å². The number of rotatable bonds is 1. The summed E-state index contributed by atoms with van der Waals surface area (Å²) in [4.78, 5) is 15.1. The second-order valence-electron chi connectivity index (χ2n) is 10.6. The van der Waals surface area contributed by atoms with Crippen LogP contribution < -0.4 is 14.4 Å². The summed E-state index contributed by atoms with van der Waals surface area (Å²) in [7, 11) is 0. The number of benzene rings is 1. The van der Waals surface area contributed by atoms with Crippen LogP contribution in [0, 0.1) is 19.7 Å². The minimum absolute atomic E-state index is 0.101. The van der Waals surface area contributed by atoms with E-state index in [1.807, 2.05) is 19.9 Å². The zero-order valence-corrected chi connectivity index (χ0v) is 21.8. The highest BCUT2D eigenvalue weighted by atomic mass is 19.1. The molecular formula is C27H27FN6O4. The molecule has 10 nitrogen and oxygen atoms in total. The maximum atomic E-state index is 15.3. The molecule has 1 atom stereocenters. The van der Waals surface area contributed by atoms with Crippen molar-refractivity contribution in [3.63, 3.8) is 0 Å². The molecule has 0 spiro atoms. The summed E-state index contributed by atoms with van der Waals surface area (Å²) in [6, 6.07) is 6.69. The third kappa shape index (κ3) is 3.98. The van der Waals surface area contributed by atoms with Crippen LogP contribution in [0.3, 0.4) is 0 Å². The molecule has 0 N–H and O–H groups in total. The summed E-state index contributed by atoms with van der Waals surface area (Å²) >= 11 is 0. The third-order valence-electron chi connectivity index (χ3n) is 6.61. The zero-order valence-electron chi connectivity index (χ0n) is 21.8. The average Bonchev–Trinajstić information content (AvgIpc) is 3.49. The summed E-state index contributed by atoms with van der Waals surface area (Å²) in [5, 5.41) is 17.1. The van der Waals surface area contributed by atoms with Gasteiger partial charge in [-0.15, -0.1) is 15.3 Å². The van der Waals surface area contributed by atoms with E-state index in [-0.39, 0.29) is 19.1 Å². The Bertz CT molecular complexity index is 1590. The van der Waals surface area contributed by atoms with Crippen LogP contribution in [0.5, 0.6) is 11.5 Å². The van der Waals surface area contributed by atoms with Crippen molar-refractivity contribution in [2.45, 2.75) is 52.7 Å². The quantitative estimate of drug-likeness (QED) is 0.356. The molecule has 196 valence electrons. The Labute approximate surface area is 218 Å². The van der Waals surface area contributed by atoms with Gasteiger partial charge in [-0.2, -0.15) is 5.10 Å². The van der Waals surface area contributed by atoms with Gasteiger partial charge in [0.25, 0.3) is 0 Å². The fourth-order valence-corrected chi connectivity index (χ4v) is 5.03. The highest BCUT2D eigenvalue weighted by Crippen LogP contribution is 2.44. The van der Waals surface area contributed by atoms with E-state index < -0.39 is 17.5 Å². The molecule has 0 unspecified atom stereocenters. The van der Waals surface area contributed by atoms with Crippen molar-refractivity contribution in [3.8, 4) is 22.8 Å². The topological polar surface area (TPSA) is 104 Å². The third-order valence-corrected chi connectivity index (χ3v) is 6.61. The average molecular weight is 519 g/mol. The molecule has 3 aromatic heterocycles. The van der Waals surface area contributed by atoms with Crippen LogP contribution in [0.25, 0.3) is 16.9 Å². The van der Waals surface area contributed by atoms with Crippen molar-refractivity contribution >= 4 is 17.6 Å². The number of ether oxygens (including phenoxy) is 3. The van der Waals surface area contributed by atoms with Crippen molar-refractivity contribution in [1.29, 1.82) is 0 Å². The lowest BCUT2D eigenvalue weighted by Gasteiger charge is -2.29. The number of fused-ring (bicyclic) bond motifs is 3. The molecule has 0 bridgehead atoms. The van der Waals surface area contributed by atoms with E-state index in [1.165, 1.54) is 17.3 Å². The Hall–Kier alpha value is -4.28. The lowest BCUT2D eigenvalue weighted by Crippen LogP contribution is -2.38. The SMILES string of the molecule is Cc1cc(C)c(-c2cc3c(n4cnnc24)N(C(=O)OC(C)(C)C)Cc2c(F)ccc4c2[C@H](CO4)CO3)nn1. The standard InChI is InChI=1S/C27H27FN6O4/c1-14-8-15(2)30-31-23(14)17-9-21-25(34-13-29-32-24(17)34)33(26(35)38-27(3,4)5)10-18-19(28)6-7-20-22(18)16(11-36-20)12-37-21/h6-9,13,16H,10-12H2,1-5H3/t16-/m1/s1. The molecule has 1 amide bonds. The number of pyridine rings is 1. The van der Waals surface area contributed by atoms with Gasteiger partial charge in [0.15, 0.2) is 17.2 Å². The van der Waals surface area contributed by atoms with Gasteiger partial charge in [-0.25, -0.2) is 9.18 Å². The molecule has 0 radical (unpaired) electrons. The number of halogens is 1. The summed E-state index contributed by atoms with van der Waals surface area (Å²) in [5.41, 5.74) is 3.66. The van der Waals surface area contributed by atoms with Crippen molar-refractivity contribution < 1.29 is 23.4 Å². The summed E-state index contributed by atoms with van der Waals surface area (Å²) in [6.07, 6.45) is 0.832. The minimum atomic E-state index is -0.791. The van der Waals surface area contributed by atoms with E-state index in [0.29, 0.717) is 52.0 Å². The van der Waals surface area contributed by atoms with Crippen LogP contribution >= 0.6 is 0 Å². The predicted octanol–water partition coefficient (Wildman–Crippen LogP) is 4.75. The molecule has 5 heterocycles. The lowest BCUT2D eigenvalue weighted by atomic mass is 9.95. The van der Waals surface area contributed by atoms with Gasteiger partial charge < -0.3 is 14.2 Å². The van der Waals surface area contributed by atoms with Crippen LogP contribution in [0.2, 0.25) is 0 Å². The van der Waals surface area contributed by atoms with E-state index in [0.717, 1.165) is 11.3 Å². The van der Waals surface area contributed by atoms with Crippen LogP contribution in [0.1, 0.15) is 49.1 Å². The number of amides is 1. The predicted molar refractivity (Wildman–Crippen MR) is 136 cm³/mol. The molecule has 0 saturated heterocycles. The second kappa shape index (κ2) is 8.64. The monoisotopic (exact) mass is 518 g/mol. The Balaban J connectivity index is 1.61. The first-order chi connectivity index (χ1) is 18.1. The summed E-state index contributed by atoms with van der Waals surface area (Å²) in [6.45, 7) is 9.60. The fraction of sp³-hybridized carbons (Fsp3) is 0.370. The Morgan fingerprint density at radius 1 is 1.08 bits per heavy atom. The highest BCUT2D eigenvalue weighted by Gasteiger charge is 2.37. The van der Waals surface area contributed by atoms with Crippen LogP contribution in [0.15, 0.2) is 30.6 Å². The fourth-order valence-electron chi connectivity index (χ4n) is 5.03. The number of carbonyl (C=O) groups excluding carboxylic acids is 1. The van der Waals surface area contributed by atoms with Gasteiger partial charge in [0, 0.05) is 11.1 Å². The number of aryl methyl sites for hydroxylation is 2. The van der Waals surface area contributed by atoms with Gasteiger partial charge in [-0.05, 0) is 64.4 Å². The maximum Gasteiger partial charge on any atom is 0.416 e. The molecule has 0 aliphatic carbocycles. The second-order valence-corrected chi connectivity index (χ2v) is 10.6. The molecule has 0 saturated carbocycles. The zero-order chi connectivity index (χ0) is 26.8. The molecule has 38 heavy (non-hydrogen) atoms. The molecule has 2 aliphatic rings. The first-order valence-electron chi connectivity index (χ1n) is 12.4. The van der Waals surface area contributed by atoms with E-state index in [9.17, 15) is 4.79 Å². The normalized spacial score (nSPS) is 16.6. The van der Waals surface area contributed by atoms with Crippen LogP contribution in [-0.4, -0.2) is 49.7 Å².